The van der Waals surface area contributed by atoms with Gasteiger partial charge in [0, 0.05) is 62.7 Å². The summed E-state index contributed by atoms with van der Waals surface area (Å²) in [7, 11) is 0. The SMILES string of the molecule is CCC(c1cc(-c2ccc3sc4ccccc4c3c2)c2sc3ccccc3c2c1)c1ccccc1-c1ccc(-c2ccc3c4ccccc4n(-c4ccccc4)c3c2)cc1C. The molecule has 0 radical (unpaired) electrons. The van der Waals surface area contributed by atoms with Crippen LogP contribution in [-0.2, 0) is 0 Å². The van der Waals surface area contributed by atoms with Crippen LogP contribution >= 0.6 is 22.7 Å². The lowest BCUT2D eigenvalue weighted by molar-refractivity contribution is 0.780. The molecular weight excluding hydrogens is 775 g/mol. The van der Waals surface area contributed by atoms with E-state index in [-0.39, 0.29) is 5.92 Å². The molecule has 1 atom stereocenters. The largest absolute Gasteiger partial charge is 0.309 e. The molecule has 9 aromatic carbocycles. The highest BCUT2D eigenvalue weighted by atomic mass is 32.1. The molecule has 0 saturated heterocycles. The van der Waals surface area contributed by atoms with Crippen molar-refractivity contribution >= 4 is 84.8 Å². The summed E-state index contributed by atoms with van der Waals surface area (Å²) in [5.41, 5.74) is 15.3. The molecule has 0 aliphatic heterocycles. The van der Waals surface area contributed by atoms with E-state index in [0.29, 0.717) is 0 Å². The summed E-state index contributed by atoms with van der Waals surface area (Å²) in [5.74, 6) is 0.213. The van der Waals surface area contributed by atoms with Crippen molar-refractivity contribution < 1.29 is 0 Å². The zero-order valence-electron chi connectivity index (χ0n) is 34.0. The lowest BCUT2D eigenvalue weighted by Gasteiger charge is -2.22. The van der Waals surface area contributed by atoms with Crippen LogP contribution in [-0.4, -0.2) is 4.57 Å². The van der Waals surface area contributed by atoms with E-state index in [0.717, 1.165) is 6.42 Å². The van der Waals surface area contributed by atoms with E-state index in [2.05, 4.69) is 213 Å². The lowest BCUT2D eigenvalue weighted by atomic mass is 9.82. The van der Waals surface area contributed by atoms with E-state index in [1.165, 1.54) is 118 Å². The van der Waals surface area contributed by atoms with Gasteiger partial charge in [0.25, 0.3) is 0 Å². The van der Waals surface area contributed by atoms with Crippen molar-refractivity contribution in [1.82, 2.24) is 4.57 Å². The number of fused-ring (bicyclic) bond motifs is 9. The van der Waals surface area contributed by atoms with Crippen molar-refractivity contribution in [3.05, 3.63) is 211 Å². The molecule has 12 rings (SSSR count). The van der Waals surface area contributed by atoms with Gasteiger partial charge in [-0.1, -0.05) is 140 Å². The van der Waals surface area contributed by atoms with Gasteiger partial charge in [-0.05, 0) is 124 Å². The van der Waals surface area contributed by atoms with E-state index in [1.807, 2.05) is 22.7 Å². The molecule has 0 amide bonds. The van der Waals surface area contributed by atoms with E-state index in [4.69, 9.17) is 0 Å². The Morgan fingerprint density at radius 2 is 1.07 bits per heavy atom. The highest BCUT2D eigenvalue weighted by Gasteiger charge is 2.22. The Balaban J connectivity index is 0.976. The number of para-hydroxylation sites is 2. The number of thiophene rings is 2. The van der Waals surface area contributed by atoms with Crippen molar-refractivity contribution in [3.63, 3.8) is 0 Å². The summed E-state index contributed by atoms with van der Waals surface area (Å²) in [6.45, 7) is 4.63. The number of hydrogen-bond donors (Lipinski definition) is 0. The summed E-state index contributed by atoms with van der Waals surface area (Å²) in [4.78, 5) is 0. The topological polar surface area (TPSA) is 4.93 Å². The summed E-state index contributed by atoms with van der Waals surface area (Å²) >= 11 is 3.81. The first-order valence-corrected chi connectivity index (χ1v) is 22.9. The molecule has 0 spiro atoms. The molecule has 1 nitrogen and oxygen atoms in total. The van der Waals surface area contributed by atoms with E-state index >= 15 is 0 Å². The summed E-state index contributed by atoms with van der Waals surface area (Å²) in [6, 6.07) is 72.5. The Hall–Kier alpha value is -6.78. The van der Waals surface area contributed by atoms with Gasteiger partial charge in [-0.25, -0.2) is 0 Å². The van der Waals surface area contributed by atoms with Gasteiger partial charge in [-0.3, -0.25) is 0 Å². The molecule has 290 valence electrons. The standard InChI is InChI=1S/C58H41NS2/c1-3-42(40-33-50(58-52(34-40)49-21-11-14-24-56(49)61-58)39-27-30-57-51(32-39)48-20-10-13-23-55(48)60-57)44-17-7-8-18-45(44)43-28-25-37(31-36(43)2)38-26-29-47-46-19-9-12-22-53(46)59(54(47)35-38)41-15-5-4-6-16-41/h4-35,42H,3H2,1-2H3. The Morgan fingerprint density at radius 3 is 1.89 bits per heavy atom. The van der Waals surface area contributed by atoms with Gasteiger partial charge >= 0.3 is 0 Å². The second kappa shape index (κ2) is 14.4. The normalized spacial score (nSPS) is 12.4. The van der Waals surface area contributed by atoms with Crippen LogP contribution in [0.15, 0.2) is 194 Å². The minimum atomic E-state index is 0.213. The maximum atomic E-state index is 2.51. The molecule has 0 saturated carbocycles. The van der Waals surface area contributed by atoms with Crippen LogP contribution < -0.4 is 0 Å². The predicted molar refractivity (Wildman–Crippen MR) is 266 cm³/mol. The summed E-state index contributed by atoms with van der Waals surface area (Å²) in [5, 5.41) is 7.91. The monoisotopic (exact) mass is 815 g/mol. The van der Waals surface area contributed by atoms with Gasteiger partial charge in [0.2, 0.25) is 0 Å². The number of hydrogen-bond acceptors (Lipinski definition) is 2. The van der Waals surface area contributed by atoms with Crippen LogP contribution in [0.1, 0.15) is 36.0 Å². The molecular formula is C58H41NS2. The Bertz CT molecular complexity index is 3660. The second-order valence-electron chi connectivity index (χ2n) is 16.4. The van der Waals surface area contributed by atoms with Gasteiger partial charge in [-0.15, -0.1) is 22.7 Å². The first-order valence-electron chi connectivity index (χ1n) is 21.3. The average Bonchev–Trinajstić information content (AvgIpc) is 3.99. The van der Waals surface area contributed by atoms with Crippen LogP contribution in [0.25, 0.3) is 101 Å². The van der Waals surface area contributed by atoms with Crippen LogP contribution in [0.3, 0.4) is 0 Å². The molecule has 0 aliphatic rings. The van der Waals surface area contributed by atoms with Gasteiger partial charge in [0.05, 0.1) is 11.0 Å². The summed E-state index contributed by atoms with van der Waals surface area (Å²) < 4.78 is 7.78. The average molecular weight is 816 g/mol. The highest BCUT2D eigenvalue weighted by Crippen LogP contribution is 2.46. The number of rotatable bonds is 7. The molecule has 12 aromatic rings. The van der Waals surface area contributed by atoms with Crippen molar-refractivity contribution in [2.24, 2.45) is 0 Å². The fourth-order valence-corrected chi connectivity index (χ4v) is 12.3. The molecule has 0 fully saturated rings. The van der Waals surface area contributed by atoms with E-state index in [1.54, 1.807) is 0 Å². The number of aryl methyl sites for hydroxylation is 1. The van der Waals surface area contributed by atoms with Gasteiger partial charge < -0.3 is 4.57 Å². The molecule has 0 aliphatic carbocycles. The fourth-order valence-electron chi connectivity index (χ4n) is 9.99. The Kier molecular flexibility index (Phi) is 8.55. The van der Waals surface area contributed by atoms with E-state index < -0.39 is 0 Å². The van der Waals surface area contributed by atoms with Crippen molar-refractivity contribution in [2.45, 2.75) is 26.2 Å². The number of nitrogens with zero attached hydrogens (tertiary/aromatic N) is 1. The third kappa shape index (κ3) is 5.87. The number of benzene rings is 9. The van der Waals surface area contributed by atoms with Crippen molar-refractivity contribution in [1.29, 1.82) is 0 Å². The summed E-state index contributed by atoms with van der Waals surface area (Å²) in [6.07, 6.45) is 0.991. The third-order valence-electron chi connectivity index (χ3n) is 12.9. The smallest absolute Gasteiger partial charge is 0.0547 e. The van der Waals surface area contributed by atoms with Crippen LogP contribution in [0, 0.1) is 6.92 Å². The predicted octanol–water partition coefficient (Wildman–Crippen LogP) is 17.4. The Morgan fingerprint density at radius 1 is 0.426 bits per heavy atom. The quantitative estimate of drug-likeness (QED) is 0.151. The van der Waals surface area contributed by atoms with Crippen molar-refractivity contribution in [3.8, 4) is 39.1 Å². The zero-order valence-corrected chi connectivity index (χ0v) is 35.7. The Labute approximate surface area is 363 Å². The maximum absolute atomic E-state index is 2.51. The molecule has 0 bridgehead atoms. The van der Waals surface area contributed by atoms with Gasteiger partial charge in [0.15, 0.2) is 0 Å². The first-order chi connectivity index (χ1) is 30.1. The van der Waals surface area contributed by atoms with Gasteiger partial charge in [0.1, 0.15) is 0 Å². The van der Waals surface area contributed by atoms with Gasteiger partial charge in [-0.2, -0.15) is 0 Å². The molecule has 3 aromatic heterocycles. The molecule has 61 heavy (non-hydrogen) atoms. The van der Waals surface area contributed by atoms with E-state index in [9.17, 15) is 0 Å². The van der Waals surface area contributed by atoms with Crippen LogP contribution in [0.4, 0.5) is 0 Å². The molecule has 1 unspecified atom stereocenters. The number of aromatic nitrogens is 1. The highest BCUT2D eigenvalue weighted by molar-refractivity contribution is 7.26. The molecule has 3 heteroatoms. The van der Waals surface area contributed by atoms with Crippen molar-refractivity contribution in [2.75, 3.05) is 0 Å². The zero-order chi connectivity index (χ0) is 40.6. The maximum Gasteiger partial charge on any atom is 0.0547 e. The minimum Gasteiger partial charge on any atom is -0.309 e. The van der Waals surface area contributed by atoms with Crippen LogP contribution in [0.5, 0.6) is 0 Å². The fraction of sp³-hybridized carbons (Fsp3) is 0.0690. The third-order valence-corrected chi connectivity index (χ3v) is 15.2. The molecule has 0 N–H and O–H groups in total. The lowest BCUT2D eigenvalue weighted by Crippen LogP contribution is -2.03. The first kappa shape index (κ1) is 36.1. The molecule has 3 heterocycles. The minimum absolute atomic E-state index is 0.213. The van der Waals surface area contributed by atoms with Crippen LogP contribution in [0.2, 0.25) is 0 Å². The second-order valence-corrected chi connectivity index (χ2v) is 18.5.